The number of phenolic OH excluding ortho intramolecular Hbond substituents is 2. The van der Waals surface area contributed by atoms with Crippen LogP contribution in [0.15, 0.2) is 54.6 Å². The van der Waals surface area contributed by atoms with Crippen LogP contribution in [0, 0.1) is 11.7 Å². The molecule has 3 aromatic carbocycles. The molecule has 3 aromatic rings. The molecule has 0 bridgehead atoms. The highest BCUT2D eigenvalue weighted by Gasteiger charge is 2.29. The Bertz CT molecular complexity index is 1320. The van der Waals surface area contributed by atoms with E-state index in [2.05, 4.69) is 15.9 Å². The molecule has 1 atom stereocenters. The lowest BCUT2D eigenvalue weighted by molar-refractivity contribution is 0.180. The van der Waals surface area contributed by atoms with Gasteiger partial charge in [0, 0.05) is 31.4 Å². The smallest absolute Gasteiger partial charge is 0.165 e. The van der Waals surface area contributed by atoms with Gasteiger partial charge in [-0.3, -0.25) is 4.90 Å². The van der Waals surface area contributed by atoms with Crippen LogP contribution in [0.25, 0.3) is 0 Å². The molecular weight excluding hydrogens is 503 g/mol. The van der Waals surface area contributed by atoms with Crippen LogP contribution < -0.4 is 9.64 Å². The number of ether oxygens (including phenoxy) is 1. The van der Waals surface area contributed by atoms with Gasteiger partial charge < -0.3 is 19.8 Å². The third-order valence-electron chi connectivity index (χ3n) is 8.87. The quantitative estimate of drug-likeness (QED) is 0.294. The Labute approximate surface area is 237 Å². The van der Waals surface area contributed by atoms with Gasteiger partial charge in [0.05, 0.1) is 0 Å². The minimum atomic E-state index is -0.314. The lowest BCUT2D eigenvalue weighted by Crippen LogP contribution is -2.33. The van der Waals surface area contributed by atoms with E-state index in [0.717, 1.165) is 56.7 Å². The van der Waals surface area contributed by atoms with Gasteiger partial charge in [0.1, 0.15) is 18.1 Å². The molecule has 2 fully saturated rings. The van der Waals surface area contributed by atoms with Gasteiger partial charge in [0.2, 0.25) is 0 Å². The summed E-state index contributed by atoms with van der Waals surface area (Å²) in [6.45, 7) is 5.02. The first kappa shape index (κ1) is 26.9. The summed E-state index contributed by atoms with van der Waals surface area (Å²) in [4.78, 5) is 4.73. The average Bonchev–Trinajstić information content (AvgIpc) is 3.78. The predicted octanol–water partition coefficient (Wildman–Crippen LogP) is 6.79. The molecule has 1 saturated heterocycles. The van der Waals surface area contributed by atoms with Gasteiger partial charge in [-0.1, -0.05) is 24.6 Å². The molecule has 1 saturated carbocycles. The van der Waals surface area contributed by atoms with Crippen LogP contribution in [-0.4, -0.2) is 47.9 Å². The first-order chi connectivity index (χ1) is 19.5. The molecule has 1 aliphatic heterocycles. The lowest BCUT2D eigenvalue weighted by atomic mass is 9.79. The van der Waals surface area contributed by atoms with Gasteiger partial charge in [0.15, 0.2) is 11.6 Å². The van der Waals surface area contributed by atoms with E-state index in [9.17, 15) is 10.2 Å². The molecule has 0 aromatic heterocycles. The predicted molar refractivity (Wildman–Crippen MR) is 157 cm³/mol. The van der Waals surface area contributed by atoms with E-state index in [1.165, 1.54) is 48.8 Å². The molecule has 1 unspecified atom stereocenters. The van der Waals surface area contributed by atoms with Crippen molar-refractivity contribution in [3.63, 3.8) is 0 Å². The van der Waals surface area contributed by atoms with E-state index >= 15 is 4.39 Å². The van der Waals surface area contributed by atoms with E-state index < -0.39 is 0 Å². The molecular formula is C34H41FN2O3. The van der Waals surface area contributed by atoms with Crippen molar-refractivity contribution in [2.24, 2.45) is 5.92 Å². The van der Waals surface area contributed by atoms with E-state index in [-0.39, 0.29) is 11.6 Å². The molecule has 2 N–H and O–H groups in total. The van der Waals surface area contributed by atoms with E-state index in [1.807, 2.05) is 24.3 Å². The molecule has 40 heavy (non-hydrogen) atoms. The van der Waals surface area contributed by atoms with Gasteiger partial charge >= 0.3 is 0 Å². The fraction of sp³-hybridized carbons (Fsp3) is 0.471. The molecule has 0 amide bonds. The van der Waals surface area contributed by atoms with Gasteiger partial charge in [-0.15, -0.1) is 0 Å². The summed E-state index contributed by atoms with van der Waals surface area (Å²) >= 11 is 0. The number of hydrogen-bond donors (Lipinski definition) is 2. The molecule has 2 aliphatic carbocycles. The highest BCUT2D eigenvalue weighted by molar-refractivity contribution is 5.60. The minimum Gasteiger partial charge on any atom is -0.508 e. The summed E-state index contributed by atoms with van der Waals surface area (Å²) < 4.78 is 21.0. The molecule has 1 heterocycles. The number of fused-ring (bicyclic) bond motifs is 1. The largest absolute Gasteiger partial charge is 0.508 e. The molecule has 212 valence electrons. The fourth-order valence-corrected chi connectivity index (χ4v) is 6.47. The van der Waals surface area contributed by atoms with Crippen LogP contribution in [0.1, 0.15) is 66.7 Å². The van der Waals surface area contributed by atoms with E-state index in [0.29, 0.717) is 36.5 Å². The maximum atomic E-state index is 15.1. The molecule has 0 spiro atoms. The number of benzene rings is 3. The Kier molecular flexibility index (Phi) is 8.15. The number of piperidine rings is 1. The number of halogens is 1. The zero-order chi connectivity index (χ0) is 27.5. The zero-order valence-electron chi connectivity index (χ0n) is 23.3. The Morgan fingerprint density at radius 3 is 2.48 bits per heavy atom. The summed E-state index contributed by atoms with van der Waals surface area (Å²) in [7, 11) is 0. The van der Waals surface area contributed by atoms with Crippen molar-refractivity contribution >= 4 is 5.69 Å². The zero-order valence-corrected chi connectivity index (χ0v) is 23.3. The summed E-state index contributed by atoms with van der Waals surface area (Å²) in [5.74, 6) is 1.53. The van der Waals surface area contributed by atoms with Crippen LogP contribution in [-0.2, 0) is 19.4 Å². The first-order valence-electron chi connectivity index (χ1n) is 15.0. The van der Waals surface area contributed by atoms with Crippen molar-refractivity contribution in [2.75, 3.05) is 37.7 Å². The van der Waals surface area contributed by atoms with E-state index in [1.54, 1.807) is 24.3 Å². The Balaban J connectivity index is 1.19. The number of phenols is 2. The molecule has 6 rings (SSSR count). The summed E-state index contributed by atoms with van der Waals surface area (Å²) in [6.07, 6.45) is 9.01. The summed E-state index contributed by atoms with van der Waals surface area (Å²) in [5.41, 5.74) is 5.68. The number of rotatable bonds is 10. The van der Waals surface area contributed by atoms with Crippen LogP contribution in [0.5, 0.6) is 17.2 Å². The SMILES string of the molecule is Oc1ccc2c(c1)CCC(c1ccc(O)cc1N(Cc1ccc(OCCN3CCCCC3)c(F)c1)CC1CC1)C2. The number of nitrogens with zero attached hydrogens (tertiary/aromatic N) is 2. The van der Waals surface area contributed by atoms with E-state index in [4.69, 9.17) is 4.74 Å². The first-order valence-corrected chi connectivity index (χ1v) is 15.0. The van der Waals surface area contributed by atoms with Gasteiger partial charge in [0.25, 0.3) is 0 Å². The van der Waals surface area contributed by atoms with Crippen LogP contribution >= 0.6 is 0 Å². The maximum absolute atomic E-state index is 15.1. The van der Waals surface area contributed by atoms with Gasteiger partial charge in [-0.25, -0.2) is 4.39 Å². The lowest BCUT2D eigenvalue weighted by Gasteiger charge is -2.32. The van der Waals surface area contributed by atoms with Crippen molar-refractivity contribution < 1.29 is 19.3 Å². The summed E-state index contributed by atoms with van der Waals surface area (Å²) in [5, 5.41) is 20.4. The fourth-order valence-electron chi connectivity index (χ4n) is 6.47. The Hall–Kier alpha value is -3.25. The summed E-state index contributed by atoms with van der Waals surface area (Å²) in [6, 6.07) is 16.8. The third kappa shape index (κ3) is 6.55. The van der Waals surface area contributed by atoms with Crippen molar-refractivity contribution in [2.45, 2.75) is 63.8 Å². The standard InChI is InChI=1S/C34H41FN2O3/c35-32-18-25(6-13-34(32)40-17-16-36-14-2-1-3-15-36)23-37(22-24-4-5-24)33-21-30(39)11-12-31(33)28-8-7-27-20-29(38)10-9-26(27)19-28/h6,9-13,18,20-21,24,28,38-39H,1-5,7-8,14-17,19,22-23H2. The Morgan fingerprint density at radius 2 is 1.68 bits per heavy atom. The molecule has 5 nitrogen and oxygen atoms in total. The van der Waals surface area contributed by atoms with Gasteiger partial charge in [-0.05, 0) is 122 Å². The third-order valence-corrected chi connectivity index (χ3v) is 8.87. The monoisotopic (exact) mass is 544 g/mol. The molecule has 6 heteroatoms. The van der Waals surface area contributed by atoms with Crippen molar-refractivity contribution in [1.29, 1.82) is 0 Å². The van der Waals surface area contributed by atoms with Crippen LogP contribution in [0.2, 0.25) is 0 Å². The van der Waals surface area contributed by atoms with Crippen molar-refractivity contribution in [1.82, 2.24) is 4.90 Å². The molecule has 0 radical (unpaired) electrons. The average molecular weight is 545 g/mol. The van der Waals surface area contributed by atoms with Crippen LogP contribution in [0.4, 0.5) is 10.1 Å². The highest BCUT2D eigenvalue weighted by Crippen LogP contribution is 2.41. The normalized spacial score (nSPS) is 19.3. The second-order valence-electron chi connectivity index (χ2n) is 12.0. The molecule has 3 aliphatic rings. The second-order valence-corrected chi connectivity index (χ2v) is 12.0. The Morgan fingerprint density at radius 1 is 0.875 bits per heavy atom. The highest BCUT2D eigenvalue weighted by atomic mass is 19.1. The second kappa shape index (κ2) is 12.1. The number of anilines is 1. The number of aromatic hydroxyl groups is 2. The van der Waals surface area contributed by atoms with Crippen LogP contribution in [0.3, 0.4) is 0 Å². The van der Waals surface area contributed by atoms with Crippen molar-refractivity contribution in [3.8, 4) is 17.2 Å². The van der Waals surface area contributed by atoms with Gasteiger partial charge in [-0.2, -0.15) is 0 Å². The topological polar surface area (TPSA) is 56.2 Å². The number of hydrogen-bond acceptors (Lipinski definition) is 5. The number of aryl methyl sites for hydroxylation is 1. The minimum absolute atomic E-state index is 0.254. The maximum Gasteiger partial charge on any atom is 0.165 e. The van der Waals surface area contributed by atoms with Crippen molar-refractivity contribution in [3.05, 3.63) is 82.7 Å². The number of likely N-dealkylation sites (tertiary alicyclic amines) is 1.